The number of rotatable bonds is 17. The number of piperazine rings is 1. The third kappa shape index (κ3) is 9.35. The fraction of sp³-hybridized carbons (Fsp3) is 0.621. The number of benzene rings is 1. The van der Waals surface area contributed by atoms with Crippen molar-refractivity contribution in [3.63, 3.8) is 0 Å². The Morgan fingerprint density at radius 3 is 2.48 bits per heavy atom. The van der Waals surface area contributed by atoms with Gasteiger partial charge >= 0.3 is 0 Å². The maximum Gasteiger partial charge on any atom is 0.246 e. The summed E-state index contributed by atoms with van der Waals surface area (Å²) < 4.78 is 5.59. The molecule has 1 aromatic rings. The molecular formula is C29H43N5O7S. The maximum absolute atomic E-state index is 13.8. The number of aliphatic hydroxyl groups is 1. The van der Waals surface area contributed by atoms with Crippen LogP contribution in [-0.2, 0) is 24.0 Å². The lowest BCUT2D eigenvalue weighted by molar-refractivity contribution is -0.149. The zero-order valence-corrected chi connectivity index (χ0v) is 25.0. The fourth-order valence-corrected chi connectivity index (χ4v) is 5.60. The van der Waals surface area contributed by atoms with Gasteiger partial charge in [-0.25, -0.2) is 0 Å². The van der Waals surface area contributed by atoms with Crippen molar-refractivity contribution in [1.82, 2.24) is 26.2 Å². The van der Waals surface area contributed by atoms with Crippen molar-refractivity contribution in [3.05, 3.63) is 29.8 Å². The molecule has 2 fully saturated rings. The van der Waals surface area contributed by atoms with Gasteiger partial charge in [0.25, 0.3) is 0 Å². The predicted octanol–water partition coefficient (Wildman–Crippen LogP) is 0.453. The van der Waals surface area contributed by atoms with E-state index in [1.54, 1.807) is 23.1 Å². The number of fused-ring (bicyclic) bond motifs is 1. The van der Waals surface area contributed by atoms with Gasteiger partial charge in [0, 0.05) is 26.6 Å². The Morgan fingerprint density at radius 2 is 1.76 bits per heavy atom. The van der Waals surface area contributed by atoms with E-state index in [1.807, 2.05) is 6.07 Å². The van der Waals surface area contributed by atoms with Crippen LogP contribution >= 0.6 is 12.6 Å². The number of thiol groups is 1. The van der Waals surface area contributed by atoms with Crippen molar-refractivity contribution in [2.24, 2.45) is 5.92 Å². The van der Waals surface area contributed by atoms with Crippen LogP contribution in [0.25, 0.3) is 0 Å². The Bertz CT molecular complexity index is 1100. The maximum atomic E-state index is 13.8. The predicted molar refractivity (Wildman–Crippen MR) is 159 cm³/mol. The van der Waals surface area contributed by atoms with Crippen LogP contribution in [0.1, 0.15) is 63.5 Å². The minimum atomic E-state index is -0.772. The fourth-order valence-electron chi connectivity index (χ4n) is 5.49. The van der Waals surface area contributed by atoms with E-state index in [0.29, 0.717) is 50.2 Å². The molecule has 2 aliphatic rings. The number of aliphatic hydroxyl groups excluding tert-OH is 1. The van der Waals surface area contributed by atoms with E-state index < -0.39 is 24.0 Å². The van der Waals surface area contributed by atoms with Crippen LogP contribution in [0.5, 0.6) is 5.75 Å². The molecule has 13 heteroatoms. The Balaban J connectivity index is 1.71. The van der Waals surface area contributed by atoms with Gasteiger partial charge in [-0.1, -0.05) is 12.1 Å². The molecule has 12 nitrogen and oxygen atoms in total. The lowest BCUT2D eigenvalue weighted by Crippen LogP contribution is -2.61. The van der Waals surface area contributed by atoms with Crippen molar-refractivity contribution >= 4 is 42.2 Å². The van der Waals surface area contributed by atoms with Crippen molar-refractivity contribution in [1.29, 1.82) is 0 Å². The molecule has 2 heterocycles. The second-order valence-electron chi connectivity index (χ2n) is 10.6. The Kier molecular flexibility index (Phi) is 13.4. The Morgan fingerprint density at radius 1 is 1.05 bits per heavy atom. The summed E-state index contributed by atoms with van der Waals surface area (Å²) in [6, 6.07) is 4.93. The molecule has 3 rings (SSSR count). The molecule has 0 aliphatic carbocycles. The van der Waals surface area contributed by atoms with Crippen molar-refractivity contribution < 1.29 is 33.8 Å². The van der Waals surface area contributed by atoms with Crippen LogP contribution in [0, 0.1) is 5.92 Å². The second kappa shape index (κ2) is 17.0. The van der Waals surface area contributed by atoms with Crippen molar-refractivity contribution in [2.75, 3.05) is 38.6 Å². The number of amides is 5. The van der Waals surface area contributed by atoms with Gasteiger partial charge in [-0.2, -0.15) is 12.6 Å². The van der Waals surface area contributed by atoms with Gasteiger partial charge in [0.15, 0.2) is 0 Å². The molecule has 232 valence electrons. The highest BCUT2D eigenvalue weighted by Gasteiger charge is 2.54. The first-order chi connectivity index (χ1) is 20.3. The Labute approximate surface area is 252 Å². The minimum Gasteiger partial charge on any atom is -0.491 e. The number of carbonyl (C=O) groups is 5. The quantitative estimate of drug-likeness (QED) is 0.111. The van der Waals surface area contributed by atoms with E-state index in [-0.39, 0.29) is 54.9 Å². The van der Waals surface area contributed by atoms with Crippen molar-refractivity contribution in [2.45, 2.75) is 70.0 Å². The van der Waals surface area contributed by atoms with Crippen LogP contribution in [0.3, 0.4) is 0 Å². The molecule has 0 unspecified atom stereocenters. The lowest BCUT2D eigenvalue weighted by Gasteiger charge is -2.38. The smallest absolute Gasteiger partial charge is 0.246 e. The molecule has 0 aromatic heterocycles. The van der Waals surface area contributed by atoms with E-state index in [4.69, 9.17) is 4.74 Å². The highest BCUT2D eigenvalue weighted by molar-refractivity contribution is 7.81. The molecule has 4 atom stereocenters. The molecule has 42 heavy (non-hydrogen) atoms. The number of nitrogens with zero attached hydrogens (tertiary/aromatic N) is 1. The summed E-state index contributed by atoms with van der Waals surface area (Å²) in [5, 5.41) is 20.5. The zero-order valence-electron chi connectivity index (χ0n) is 24.1. The number of hydrogen-bond acceptors (Lipinski definition) is 8. The van der Waals surface area contributed by atoms with Gasteiger partial charge in [0.05, 0.1) is 24.3 Å². The number of unbranched alkanes of at least 4 members (excludes halogenated alkanes) is 3. The average molecular weight is 606 g/mol. The molecule has 0 radical (unpaired) electrons. The number of ether oxygens (including phenoxy) is 1. The summed E-state index contributed by atoms with van der Waals surface area (Å²) in [6.45, 7) is 2.87. The summed E-state index contributed by atoms with van der Waals surface area (Å²) in [4.78, 5) is 64.5. The molecule has 0 bridgehead atoms. The molecule has 2 saturated heterocycles. The number of hydrogen-bond donors (Lipinski definition) is 6. The average Bonchev–Trinajstić information content (AvgIpc) is 3.39. The number of carbonyl (C=O) groups excluding carboxylic acids is 5. The van der Waals surface area contributed by atoms with E-state index in [9.17, 15) is 29.1 Å². The monoisotopic (exact) mass is 605 g/mol. The molecule has 5 N–H and O–H groups in total. The number of nitrogens with one attached hydrogen (secondary N) is 4. The summed E-state index contributed by atoms with van der Waals surface area (Å²) >= 11 is 3.93. The topological polar surface area (TPSA) is 166 Å². The zero-order chi connectivity index (χ0) is 30.5. The molecule has 5 amide bonds. The van der Waals surface area contributed by atoms with Gasteiger partial charge < -0.3 is 36.0 Å². The molecule has 2 aliphatic heterocycles. The van der Waals surface area contributed by atoms with E-state index >= 15 is 0 Å². The standard InChI is InChI=1S/C29H43N5O7S/c1-19(36)30-11-6-3-10-23-29(40)34-24(28(39)33-23)17-22(26(34)20-8-7-9-21(16-20)41-15-14-35)27(38)32-13-5-2-4-12-31-25(37)18-42/h7-9,16,22-24,26,35,42H,2-6,10-15,17-18H2,1H3,(H,30,36)(H,31,37)(H,32,38)(H,33,39)/t22-,23+,24-,26-/m1/s1. The van der Waals surface area contributed by atoms with Gasteiger partial charge in [0.2, 0.25) is 29.5 Å². The van der Waals surface area contributed by atoms with Gasteiger partial charge in [-0.3, -0.25) is 24.0 Å². The van der Waals surface area contributed by atoms with Gasteiger partial charge in [-0.05, 0) is 62.6 Å². The van der Waals surface area contributed by atoms with E-state index in [2.05, 4.69) is 33.9 Å². The van der Waals surface area contributed by atoms with Gasteiger partial charge in [-0.15, -0.1) is 0 Å². The summed E-state index contributed by atoms with van der Waals surface area (Å²) in [7, 11) is 0. The highest BCUT2D eigenvalue weighted by Crippen LogP contribution is 2.44. The SMILES string of the molecule is CC(=O)NCCCC[C@@H]1NC(=O)[C@H]2C[C@@H](C(=O)NCCCCCNC(=O)CS)[C@@H](c3cccc(OCCO)c3)N2C1=O. The third-order valence-electron chi connectivity index (χ3n) is 7.47. The first-order valence-electron chi connectivity index (χ1n) is 14.6. The first kappa shape index (κ1) is 33.2. The van der Waals surface area contributed by atoms with Crippen LogP contribution < -0.4 is 26.0 Å². The molecule has 0 saturated carbocycles. The van der Waals surface area contributed by atoms with Gasteiger partial charge in [0.1, 0.15) is 24.4 Å². The Hall–Kier alpha value is -3.32. The molecule has 1 aromatic carbocycles. The summed E-state index contributed by atoms with van der Waals surface area (Å²) in [5.41, 5.74) is 0.681. The largest absolute Gasteiger partial charge is 0.491 e. The summed E-state index contributed by atoms with van der Waals surface area (Å²) in [6.07, 6.45) is 4.22. The molecule has 0 spiro atoms. The normalized spacial score (nSPS) is 21.4. The minimum absolute atomic E-state index is 0.102. The highest BCUT2D eigenvalue weighted by atomic mass is 32.1. The summed E-state index contributed by atoms with van der Waals surface area (Å²) in [5.74, 6) is -0.982. The van der Waals surface area contributed by atoms with Crippen molar-refractivity contribution in [3.8, 4) is 5.75 Å². The van der Waals surface area contributed by atoms with E-state index in [1.165, 1.54) is 6.92 Å². The van der Waals surface area contributed by atoms with E-state index in [0.717, 1.165) is 19.3 Å². The second-order valence-corrected chi connectivity index (χ2v) is 10.9. The van der Waals surface area contributed by atoms with Crippen LogP contribution in [0.15, 0.2) is 24.3 Å². The van der Waals surface area contributed by atoms with Crippen LogP contribution in [0.2, 0.25) is 0 Å². The van der Waals surface area contributed by atoms with Crippen LogP contribution in [-0.4, -0.2) is 90.2 Å². The third-order valence-corrected chi connectivity index (χ3v) is 7.76. The molecular weight excluding hydrogens is 562 g/mol. The van der Waals surface area contributed by atoms with Crippen LogP contribution in [0.4, 0.5) is 0 Å². The first-order valence-corrected chi connectivity index (χ1v) is 15.3. The lowest BCUT2D eigenvalue weighted by atomic mass is 9.92.